The summed E-state index contributed by atoms with van der Waals surface area (Å²) in [6.45, 7) is 1.57. The highest BCUT2D eigenvalue weighted by Gasteiger charge is 2.20. The van der Waals surface area contributed by atoms with Crippen LogP contribution in [0.1, 0.15) is 12.0 Å². The molecule has 0 amide bonds. The summed E-state index contributed by atoms with van der Waals surface area (Å²) in [6.07, 6.45) is 1.01. The molecule has 4 heteroatoms. The first-order chi connectivity index (χ1) is 7.85. The van der Waals surface area contributed by atoms with Crippen LogP contribution in [0.2, 0.25) is 0 Å². The number of para-hydroxylation sites is 1. The van der Waals surface area contributed by atoms with Gasteiger partial charge in [-0.1, -0.05) is 6.07 Å². The number of nitrogens with zero attached hydrogens (tertiary/aromatic N) is 1. The minimum absolute atomic E-state index is 0.314. The molecule has 84 valence electrons. The van der Waals surface area contributed by atoms with Gasteiger partial charge in [-0.15, -0.1) is 0 Å². The molecule has 0 spiro atoms. The van der Waals surface area contributed by atoms with Crippen molar-refractivity contribution in [1.29, 1.82) is 5.26 Å². The molecule has 0 radical (unpaired) electrons. The highest BCUT2D eigenvalue weighted by molar-refractivity contribution is 5.65. The Balaban J connectivity index is 2.13. The number of benzene rings is 1. The molecule has 1 aliphatic heterocycles. The second-order valence-electron chi connectivity index (χ2n) is 3.84. The monoisotopic (exact) mass is 217 g/mol. The van der Waals surface area contributed by atoms with Crippen molar-refractivity contribution in [3.8, 4) is 11.8 Å². The Morgan fingerprint density at radius 3 is 3.25 bits per heavy atom. The fraction of sp³-hybridized carbons (Fsp3) is 0.417. The molecule has 2 rings (SSSR count). The molecule has 2 N–H and O–H groups in total. The third kappa shape index (κ3) is 2.10. The van der Waals surface area contributed by atoms with E-state index in [9.17, 15) is 0 Å². The quantitative estimate of drug-likeness (QED) is 0.802. The number of nitriles is 1. The second-order valence-corrected chi connectivity index (χ2v) is 3.84. The molecule has 16 heavy (non-hydrogen) atoms. The lowest BCUT2D eigenvalue weighted by Gasteiger charge is -2.27. The molecular weight excluding hydrogens is 202 g/mol. The van der Waals surface area contributed by atoms with Gasteiger partial charge in [-0.2, -0.15) is 5.26 Å². The average molecular weight is 217 g/mol. The van der Waals surface area contributed by atoms with Gasteiger partial charge in [-0.05, 0) is 32.1 Å². The maximum atomic E-state index is 8.93. The van der Waals surface area contributed by atoms with Crippen molar-refractivity contribution in [2.45, 2.75) is 12.5 Å². The van der Waals surface area contributed by atoms with Crippen LogP contribution in [0.5, 0.6) is 5.75 Å². The van der Waals surface area contributed by atoms with E-state index in [-0.39, 0.29) is 0 Å². The summed E-state index contributed by atoms with van der Waals surface area (Å²) in [5, 5.41) is 15.4. The van der Waals surface area contributed by atoms with E-state index < -0.39 is 0 Å². The summed E-state index contributed by atoms with van der Waals surface area (Å²) in [7, 11) is 1.94. The van der Waals surface area contributed by atoms with E-state index >= 15 is 0 Å². The van der Waals surface area contributed by atoms with Gasteiger partial charge >= 0.3 is 0 Å². The molecular formula is C12H15N3O. The van der Waals surface area contributed by atoms with Gasteiger partial charge in [0.25, 0.3) is 0 Å². The molecule has 1 aromatic carbocycles. The van der Waals surface area contributed by atoms with Crippen LogP contribution in [0.3, 0.4) is 0 Å². The smallest absolute Gasteiger partial charge is 0.160 e. The summed E-state index contributed by atoms with van der Waals surface area (Å²) < 4.78 is 5.64. The second kappa shape index (κ2) is 4.86. The number of anilines is 1. The van der Waals surface area contributed by atoms with Crippen molar-refractivity contribution < 1.29 is 4.74 Å². The van der Waals surface area contributed by atoms with Crippen LogP contribution in [-0.2, 0) is 0 Å². The van der Waals surface area contributed by atoms with Crippen molar-refractivity contribution in [2.24, 2.45) is 0 Å². The largest absolute Gasteiger partial charge is 0.488 e. The number of hydrogen-bond donors (Lipinski definition) is 2. The van der Waals surface area contributed by atoms with Crippen LogP contribution in [-0.4, -0.2) is 26.2 Å². The number of ether oxygens (including phenoxy) is 1. The number of hydrogen-bond acceptors (Lipinski definition) is 4. The zero-order valence-electron chi connectivity index (χ0n) is 9.29. The highest BCUT2D eigenvalue weighted by atomic mass is 16.5. The molecule has 1 aromatic rings. The summed E-state index contributed by atoms with van der Waals surface area (Å²) >= 11 is 0. The molecule has 1 unspecified atom stereocenters. The summed E-state index contributed by atoms with van der Waals surface area (Å²) in [4.78, 5) is 0. The predicted molar refractivity (Wildman–Crippen MR) is 62.6 cm³/mol. The zero-order valence-corrected chi connectivity index (χ0v) is 9.29. The number of fused-ring (bicyclic) bond motifs is 1. The topological polar surface area (TPSA) is 57.1 Å². The highest BCUT2D eigenvalue weighted by Crippen LogP contribution is 2.32. The standard InChI is InChI=1S/C12H15N3O/c1-14-6-5-10-8-16-12-9(7-13)3-2-4-11(12)15-10/h2-4,10,14-15H,5-6,8H2,1H3. The van der Waals surface area contributed by atoms with E-state index in [1.807, 2.05) is 19.2 Å². The van der Waals surface area contributed by atoms with Crippen molar-refractivity contribution in [3.05, 3.63) is 23.8 Å². The van der Waals surface area contributed by atoms with Gasteiger partial charge in [-0.25, -0.2) is 0 Å². The molecule has 1 heterocycles. The Bertz CT molecular complexity index is 411. The molecule has 0 aliphatic carbocycles. The van der Waals surface area contributed by atoms with Crippen LogP contribution >= 0.6 is 0 Å². The van der Waals surface area contributed by atoms with Gasteiger partial charge < -0.3 is 15.4 Å². The lowest BCUT2D eigenvalue weighted by molar-refractivity contribution is 0.277. The minimum Gasteiger partial charge on any atom is -0.488 e. The van der Waals surface area contributed by atoms with Gasteiger partial charge in [0.15, 0.2) is 5.75 Å². The van der Waals surface area contributed by atoms with Crippen LogP contribution < -0.4 is 15.4 Å². The third-order valence-electron chi connectivity index (χ3n) is 2.67. The molecule has 0 fully saturated rings. The number of rotatable bonds is 3. The minimum atomic E-state index is 0.314. The van der Waals surface area contributed by atoms with Crippen LogP contribution in [0.15, 0.2) is 18.2 Å². The van der Waals surface area contributed by atoms with Crippen LogP contribution in [0.25, 0.3) is 0 Å². The zero-order chi connectivity index (χ0) is 11.4. The first kappa shape index (κ1) is 10.8. The van der Waals surface area contributed by atoms with Crippen molar-refractivity contribution in [2.75, 3.05) is 25.5 Å². The molecule has 1 aliphatic rings. The van der Waals surface area contributed by atoms with E-state index in [0.29, 0.717) is 24.0 Å². The van der Waals surface area contributed by atoms with Crippen LogP contribution in [0.4, 0.5) is 5.69 Å². The Hall–Kier alpha value is -1.73. The van der Waals surface area contributed by atoms with Gasteiger partial charge in [0.05, 0.1) is 17.3 Å². The third-order valence-corrected chi connectivity index (χ3v) is 2.67. The fourth-order valence-electron chi connectivity index (χ4n) is 1.81. The lowest BCUT2D eigenvalue weighted by Crippen LogP contribution is -2.34. The van der Waals surface area contributed by atoms with Gasteiger partial charge in [0, 0.05) is 0 Å². The number of nitrogens with one attached hydrogen (secondary N) is 2. The van der Waals surface area contributed by atoms with Gasteiger partial charge in [0.1, 0.15) is 12.7 Å². The first-order valence-electron chi connectivity index (χ1n) is 5.42. The van der Waals surface area contributed by atoms with E-state index in [4.69, 9.17) is 10.00 Å². The molecule has 1 atom stereocenters. The van der Waals surface area contributed by atoms with Gasteiger partial charge in [-0.3, -0.25) is 0 Å². The van der Waals surface area contributed by atoms with Crippen molar-refractivity contribution in [1.82, 2.24) is 5.32 Å². The van der Waals surface area contributed by atoms with Crippen molar-refractivity contribution >= 4 is 5.69 Å². The molecule has 0 aromatic heterocycles. The first-order valence-corrected chi connectivity index (χ1v) is 5.42. The SMILES string of the molecule is CNCCC1COc2c(C#N)cccc2N1. The van der Waals surface area contributed by atoms with E-state index in [1.165, 1.54) is 0 Å². The Kier molecular flexibility index (Phi) is 3.28. The van der Waals surface area contributed by atoms with Crippen molar-refractivity contribution in [3.63, 3.8) is 0 Å². The lowest BCUT2D eigenvalue weighted by atomic mass is 10.1. The van der Waals surface area contributed by atoms with E-state index in [2.05, 4.69) is 16.7 Å². The average Bonchev–Trinajstić information content (AvgIpc) is 2.35. The predicted octanol–water partition coefficient (Wildman–Crippen LogP) is 1.34. The Morgan fingerprint density at radius 1 is 1.62 bits per heavy atom. The van der Waals surface area contributed by atoms with E-state index in [1.54, 1.807) is 6.07 Å². The maximum Gasteiger partial charge on any atom is 0.160 e. The molecule has 0 bridgehead atoms. The molecule has 0 saturated carbocycles. The summed E-state index contributed by atoms with van der Waals surface area (Å²) in [5.74, 6) is 0.686. The summed E-state index contributed by atoms with van der Waals surface area (Å²) in [5.41, 5.74) is 1.52. The molecule has 4 nitrogen and oxygen atoms in total. The fourth-order valence-corrected chi connectivity index (χ4v) is 1.81. The molecule has 0 saturated heterocycles. The maximum absolute atomic E-state index is 8.93. The Labute approximate surface area is 95.2 Å². The van der Waals surface area contributed by atoms with Crippen LogP contribution in [0, 0.1) is 11.3 Å². The van der Waals surface area contributed by atoms with E-state index in [0.717, 1.165) is 18.7 Å². The van der Waals surface area contributed by atoms with Gasteiger partial charge in [0.2, 0.25) is 0 Å². The normalized spacial score (nSPS) is 17.9. The summed E-state index contributed by atoms with van der Waals surface area (Å²) in [6, 6.07) is 8.04. The Morgan fingerprint density at radius 2 is 2.50 bits per heavy atom.